The van der Waals surface area contributed by atoms with Gasteiger partial charge in [0.05, 0.1) is 6.10 Å². The van der Waals surface area contributed by atoms with Crippen molar-refractivity contribution in [1.29, 1.82) is 0 Å². The summed E-state index contributed by atoms with van der Waals surface area (Å²) in [7, 11) is 0. The molecule has 0 aromatic rings. The van der Waals surface area contributed by atoms with Crippen molar-refractivity contribution in [2.75, 3.05) is 0 Å². The van der Waals surface area contributed by atoms with Crippen LogP contribution in [0.5, 0.6) is 0 Å². The Labute approximate surface area is 74.5 Å². The third-order valence-corrected chi connectivity index (χ3v) is 1.49. The maximum absolute atomic E-state index is 8.23. The summed E-state index contributed by atoms with van der Waals surface area (Å²) in [6, 6.07) is 0. The first-order chi connectivity index (χ1) is 5.81. The van der Waals surface area contributed by atoms with Gasteiger partial charge in [-0.1, -0.05) is 31.2 Å². The van der Waals surface area contributed by atoms with Gasteiger partial charge in [-0.25, -0.2) is 4.89 Å². The Morgan fingerprint density at radius 1 is 1.25 bits per heavy atom. The van der Waals surface area contributed by atoms with Gasteiger partial charge >= 0.3 is 0 Å². The number of hydrogen-bond acceptors (Lipinski definition) is 2. The monoisotopic (exact) mass is 170 g/mol. The summed E-state index contributed by atoms with van der Waals surface area (Å²) in [4.78, 5) is 4.11. The van der Waals surface area contributed by atoms with E-state index >= 15 is 0 Å². The van der Waals surface area contributed by atoms with Crippen LogP contribution < -0.4 is 0 Å². The summed E-state index contributed by atoms with van der Waals surface area (Å²) in [6.45, 7) is 3.94. The molecular formula is C10H18O2. The Morgan fingerprint density at radius 2 is 1.92 bits per heavy atom. The lowest BCUT2D eigenvalue weighted by molar-refractivity contribution is -0.272. The standard InChI is InChI=1S/C10H18O2/c1-3-4-5-6-7-8-9-10(2)12-11/h4-5,7-8,10-11H,3,6,9H2,1-2H3/b5-4+,8-7+. The van der Waals surface area contributed by atoms with Crippen molar-refractivity contribution in [3.8, 4) is 0 Å². The lowest BCUT2D eigenvalue weighted by Crippen LogP contribution is -2.02. The molecule has 0 radical (unpaired) electrons. The third kappa shape index (κ3) is 7.51. The molecule has 2 nitrogen and oxygen atoms in total. The highest BCUT2D eigenvalue weighted by molar-refractivity contribution is 4.92. The van der Waals surface area contributed by atoms with E-state index in [9.17, 15) is 0 Å². The minimum Gasteiger partial charge on any atom is -0.252 e. The smallest absolute Gasteiger partial charge is 0.0933 e. The molecule has 0 bridgehead atoms. The number of allylic oxidation sites excluding steroid dienone is 3. The van der Waals surface area contributed by atoms with Gasteiger partial charge in [-0.3, -0.25) is 5.26 Å². The minimum absolute atomic E-state index is 0.101. The Kier molecular flexibility index (Phi) is 8.07. The molecule has 1 unspecified atom stereocenters. The molecule has 0 amide bonds. The SMILES string of the molecule is CC/C=C/C/C=C/CC(C)OO. The van der Waals surface area contributed by atoms with Gasteiger partial charge in [0.25, 0.3) is 0 Å². The first kappa shape index (κ1) is 11.4. The normalized spacial score (nSPS) is 14.6. The van der Waals surface area contributed by atoms with Crippen LogP contribution in [-0.2, 0) is 4.89 Å². The summed E-state index contributed by atoms with van der Waals surface area (Å²) < 4.78 is 0. The zero-order valence-corrected chi connectivity index (χ0v) is 7.86. The van der Waals surface area contributed by atoms with Crippen LogP contribution in [0.3, 0.4) is 0 Å². The van der Waals surface area contributed by atoms with Crippen LogP contribution in [0.1, 0.15) is 33.1 Å². The van der Waals surface area contributed by atoms with Crippen molar-refractivity contribution in [3.63, 3.8) is 0 Å². The van der Waals surface area contributed by atoms with E-state index in [4.69, 9.17) is 5.26 Å². The molecule has 1 N–H and O–H groups in total. The molecule has 0 aliphatic carbocycles. The second-order valence-corrected chi connectivity index (χ2v) is 2.74. The zero-order valence-electron chi connectivity index (χ0n) is 7.86. The van der Waals surface area contributed by atoms with Crippen LogP contribution in [0.15, 0.2) is 24.3 Å². The van der Waals surface area contributed by atoms with Gasteiger partial charge in [-0.05, 0) is 26.2 Å². The van der Waals surface area contributed by atoms with Gasteiger partial charge in [0.1, 0.15) is 0 Å². The van der Waals surface area contributed by atoms with Crippen LogP contribution >= 0.6 is 0 Å². The van der Waals surface area contributed by atoms with Crippen molar-refractivity contribution >= 4 is 0 Å². The van der Waals surface area contributed by atoms with E-state index in [2.05, 4.69) is 30.0 Å². The maximum atomic E-state index is 8.23. The highest BCUT2D eigenvalue weighted by Gasteiger charge is 1.94. The second-order valence-electron chi connectivity index (χ2n) is 2.74. The summed E-state index contributed by atoms with van der Waals surface area (Å²) in [5, 5.41) is 8.23. The van der Waals surface area contributed by atoms with E-state index in [0.29, 0.717) is 0 Å². The predicted octanol–water partition coefficient (Wildman–Crippen LogP) is 3.17. The van der Waals surface area contributed by atoms with Gasteiger partial charge in [0.15, 0.2) is 0 Å². The molecule has 0 aromatic heterocycles. The largest absolute Gasteiger partial charge is 0.252 e. The average molecular weight is 170 g/mol. The highest BCUT2D eigenvalue weighted by atomic mass is 17.1. The second kappa shape index (κ2) is 8.50. The lowest BCUT2D eigenvalue weighted by atomic mass is 10.2. The molecule has 0 aromatic carbocycles. The number of hydrogen-bond donors (Lipinski definition) is 1. The first-order valence-corrected chi connectivity index (χ1v) is 4.41. The fourth-order valence-electron chi connectivity index (χ4n) is 0.769. The van der Waals surface area contributed by atoms with Crippen LogP contribution in [0.4, 0.5) is 0 Å². The minimum atomic E-state index is -0.101. The molecule has 0 fully saturated rings. The molecule has 0 saturated heterocycles. The van der Waals surface area contributed by atoms with E-state index in [1.807, 2.05) is 13.0 Å². The van der Waals surface area contributed by atoms with Crippen molar-refractivity contribution < 1.29 is 10.1 Å². The molecule has 0 heterocycles. The van der Waals surface area contributed by atoms with E-state index in [-0.39, 0.29) is 6.10 Å². The van der Waals surface area contributed by atoms with Crippen LogP contribution in [0.25, 0.3) is 0 Å². The predicted molar refractivity (Wildman–Crippen MR) is 51.0 cm³/mol. The van der Waals surface area contributed by atoms with Crippen molar-refractivity contribution in [1.82, 2.24) is 0 Å². The van der Waals surface area contributed by atoms with Crippen molar-refractivity contribution in [3.05, 3.63) is 24.3 Å². The van der Waals surface area contributed by atoms with Gasteiger partial charge in [0, 0.05) is 0 Å². The van der Waals surface area contributed by atoms with E-state index < -0.39 is 0 Å². The topological polar surface area (TPSA) is 29.5 Å². The van der Waals surface area contributed by atoms with Gasteiger partial charge < -0.3 is 0 Å². The Morgan fingerprint density at radius 3 is 2.50 bits per heavy atom. The highest BCUT2D eigenvalue weighted by Crippen LogP contribution is 1.97. The quantitative estimate of drug-likeness (QED) is 0.377. The van der Waals surface area contributed by atoms with Gasteiger partial charge in [-0.2, -0.15) is 0 Å². The molecule has 1 atom stereocenters. The Bertz CT molecular complexity index is 139. The van der Waals surface area contributed by atoms with E-state index in [1.54, 1.807) is 0 Å². The van der Waals surface area contributed by atoms with Crippen molar-refractivity contribution in [2.24, 2.45) is 0 Å². The maximum Gasteiger partial charge on any atom is 0.0933 e. The molecule has 0 aliphatic heterocycles. The zero-order chi connectivity index (χ0) is 9.23. The van der Waals surface area contributed by atoms with Crippen LogP contribution in [-0.4, -0.2) is 11.4 Å². The van der Waals surface area contributed by atoms with Crippen molar-refractivity contribution in [2.45, 2.75) is 39.2 Å². The van der Waals surface area contributed by atoms with Gasteiger partial charge in [0.2, 0.25) is 0 Å². The molecule has 70 valence electrons. The van der Waals surface area contributed by atoms with Crippen LogP contribution in [0, 0.1) is 0 Å². The fourth-order valence-corrected chi connectivity index (χ4v) is 0.769. The molecule has 0 rings (SSSR count). The molecule has 2 heteroatoms. The number of rotatable bonds is 6. The summed E-state index contributed by atoms with van der Waals surface area (Å²) in [6.07, 6.45) is 11.1. The Hall–Kier alpha value is -0.600. The third-order valence-electron chi connectivity index (χ3n) is 1.49. The van der Waals surface area contributed by atoms with Crippen LogP contribution in [0.2, 0.25) is 0 Å². The van der Waals surface area contributed by atoms with E-state index in [0.717, 1.165) is 19.3 Å². The average Bonchev–Trinajstić information content (AvgIpc) is 2.10. The summed E-state index contributed by atoms with van der Waals surface area (Å²) >= 11 is 0. The summed E-state index contributed by atoms with van der Waals surface area (Å²) in [5.41, 5.74) is 0. The molecular weight excluding hydrogens is 152 g/mol. The van der Waals surface area contributed by atoms with Gasteiger partial charge in [-0.15, -0.1) is 0 Å². The summed E-state index contributed by atoms with van der Waals surface area (Å²) in [5.74, 6) is 0. The molecule has 0 aliphatic rings. The van der Waals surface area contributed by atoms with E-state index in [1.165, 1.54) is 0 Å². The molecule has 0 saturated carbocycles. The molecule has 12 heavy (non-hydrogen) atoms. The molecule has 0 spiro atoms. The fraction of sp³-hybridized carbons (Fsp3) is 0.600. The first-order valence-electron chi connectivity index (χ1n) is 4.41. The lowest BCUT2D eigenvalue weighted by Gasteiger charge is -2.00. The Balaban J connectivity index is 3.31.